The van der Waals surface area contributed by atoms with Gasteiger partial charge in [-0.25, -0.2) is 0 Å². The molecule has 0 spiro atoms. The van der Waals surface area contributed by atoms with E-state index in [0.717, 1.165) is 23.4 Å². The Hall–Kier alpha value is -1.35. The molecule has 3 heteroatoms. The third kappa shape index (κ3) is 2.88. The number of hydrogen-bond acceptors (Lipinski definition) is 3. The van der Waals surface area contributed by atoms with Gasteiger partial charge in [0.2, 0.25) is 4.74 Å². The number of hydrogen-bond donors (Lipinski definition) is 0. The number of fused-ring (bicyclic) bond motifs is 1. The summed E-state index contributed by atoms with van der Waals surface area (Å²) < 4.78 is 1.23. The Morgan fingerprint density at radius 1 is 1.10 bits per heavy atom. The minimum Gasteiger partial charge on any atom is -0.372 e. The molecule has 0 atom stereocenters. The summed E-state index contributed by atoms with van der Waals surface area (Å²) in [6.07, 6.45) is 0. The normalized spacial score (nSPS) is 11.8. The van der Waals surface area contributed by atoms with Crippen molar-refractivity contribution >= 4 is 27.1 Å². The van der Waals surface area contributed by atoms with Gasteiger partial charge >= 0.3 is 0 Å². The number of nitrogens with zero attached hydrogens (tertiary/aromatic N) is 1. The SMILES string of the molecule is CCN(CC)c1ccc2c(C(C)(C)C)cc(=O)sc2c1. The topological polar surface area (TPSA) is 20.3 Å². The van der Waals surface area contributed by atoms with Crippen LogP contribution in [0.15, 0.2) is 29.1 Å². The van der Waals surface area contributed by atoms with E-state index in [-0.39, 0.29) is 10.2 Å². The van der Waals surface area contributed by atoms with Crippen LogP contribution in [0.3, 0.4) is 0 Å². The molecule has 1 aromatic carbocycles. The number of rotatable bonds is 3. The maximum Gasteiger partial charge on any atom is 0.233 e. The Morgan fingerprint density at radius 3 is 2.30 bits per heavy atom. The van der Waals surface area contributed by atoms with E-state index >= 15 is 0 Å². The van der Waals surface area contributed by atoms with E-state index < -0.39 is 0 Å². The van der Waals surface area contributed by atoms with Gasteiger partial charge in [-0.1, -0.05) is 38.2 Å². The van der Waals surface area contributed by atoms with E-state index in [9.17, 15) is 4.79 Å². The average molecular weight is 289 g/mol. The summed E-state index contributed by atoms with van der Waals surface area (Å²) in [7, 11) is 0. The molecule has 0 saturated carbocycles. The minimum atomic E-state index is -0.0118. The zero-order valence-corrected chi connectivity index (χ0v) is 13.8. The van der Waals surface area contributed by atoms with Gasteiger partial charge in [0.25, 0.3) is 0 Å². The summed E-state index contributed by atoms with van der Waals surface area (Å²) in [4.78, 5) is 14.3. The highest BCUT2D eigenvalue weighted by atomic mass is 32.1. The van der Waals surface area contributed by atoms with Crippen molar-refractivity contribution in [3.63, 3.8) is 0 Å². The molecule has 2 aromatic rings. The Bertz CT molecular complexity index is 663. The van der Waals surface area contributed by atoms with Crippen LogP contribution in [0.4, 0.5) is 5.69 Å². The fraction of sp³-hybridized carbons (Fsp3) is 0.471. The molecule has 0 amide bonds. The van der Waals surface area contributed by atoms with Gasteiger partial charge < -0.3 is 4.90 Å². The largest absolute Gasteiger partial charge is 0.372 e. The predicted molar refractivity (Wildman–Crippen MR) is 90.4 cm³/mol. The van der Waals surface area contributed by atoms with Crippen molar-refractivity contribution in [2.45, 2.75) is 40.0 Å². The molecular weight excluding hydrogens is 266 g/mol. The van der Waals surface area contributed by atoms with Gasteiger partial charge in [-0.15, -0.1) is 0 Å². The van der Waals surface area contributed by atoms with Crippen LogP contribution in [-0.2, 0) is 5.41 Å². The van der Waals surface area contributed by atoms with Crippen molar-refractivity contribution in [2.75, 3.05) is 18.0 Å². The van der Waals surface area contributed by atoms with Gasteiger partial charge in [-0.3, -0.25) is 4.79 Å². The summed E-state index contributed by atoms with van der Waals surface area (Å²) in [6.45, 7) is 12.7. The lowest BCUT2D eigenvalue weighted by molar-refractivity contribution is 0.596. The van der Waals surface area contributed by atoms with Crippen LogP contribution in [0.1, 0.15) is 40.2 Å². The van der Waals surface area contributed by atoms with Crippen LogP contribution in [0.5, 0.6) is 0 Å². The first-order chi connectivity index (χ1) is 9.36. The van der Waals surface area contributed by atoms with Crippen molar-refractivity contribution in [2.24, 2.45) is 0 Å². The Morgan fingerprint density at radius 2 is 1.75 bits per heavy atom. The minimum absolute atomic E-state index is 0.0118. The van der Waals surface area contributed by atoms with Crippen LogP contribution in [0, 0.1) is 0 Å². The molecule has 20 heavy (non-hydrogen) atoms. The van der Waals surface area contributed by atoms with Crippen LogP contribution in [-0.4, -0.2) is 13.1 Å². The zero-order valence-electron chi connectivity index (χ0n) is 13.0. The fourth-order valence-corrected chi connectivity index (χ4v) is 3.42. The van der Waals surface area contributed by atoms with E-state index in [0.29, 0.717) is 0 Å². The zero-order chi connectivity index (χ0) is 14.9. The second-order valence-electron chi connectivity index (χ2n) is 6.08. The van der Waals surface area contributed by atoms with Crippen molar-refractivity contribution in [1.29, 1.82) is 0 Å². The molecule has 0 aliphatic heterocycles. The third-order valence-electron chi connectivity index (χ3n) is 3.66. The Balaban J connectivity index is 2.68. The molecule has 0 radical (unpaired) electrons. The second-order valence-corrected chi connectivity index (χ2v) is 7.13. The molecule has 2 nitrogen and oxygen atoms in total. The molecule has 1 heterocycles. The van der Waals surface area contributed by atoms with Crippen LogP contribution in [0.2, 0.25) is 0 Å². The highest BCUT2D eigenvalue weighted by molar-refractivity contribution is 7.16. The van der Waals surface area contributed by atoms with E-state index in [1.165, 1.54) is 22.4 Å². The maximum absolute atomic E-state index is 12.0. The van der Waals surface area contributed by atoms with Crippen LogP contribution >= 0.6 is 11.3 Å². The van der Waals surface area contributed by atoms with Gasteiger partial charge in [0.05, 0.1) is 0 Å². The fourth-order valence-electron chi connectivity index (χ4n) is 2.56. The van der Waals surface area contributed by atoms with Crippen molar-refractivity contribution in [3.8, 4) is 0 Å². The maximum atomic E-state index is 12.0. The first-order valence-electron chi connectivity index (χ1n) is 7.20. The Kier molecular flexibility index (Phi) is 4.19. The van der Waals surface area contributed by atoms with Crippen molar-refractivity contribution in [1.82, 2.24) is 0 Å². The van der Waals surface area contributed by atoms with Gasteiger partial charge in [-0.05, 0) is 42.3 Å². The quantitative estimate of drug-likeness (QED) is 0.834. The highest BCUT2D eigenvalue weighted by Gasteiger charge is 2.18. The molecule has 0 saturated heterocycles. The van der Waals surface area contributed by atoms with Crippen molar-refractivity contribution in [3.05, 3.63) is 39.4 Å². The van der Waals surface area contributed by atoms with Gasteiger partial charge in [0.15, 0.2) is 0 Å². The summed E-state index contributed by atoms with van der Waals surface area (Å²) in [6, 6.07) is 8.29. The average Bonchev–Trinajstić information content (AvgIpc) is 2.37. The van der Waals surface area contributed by atoms with Gasteiger partial charge in [0.1, 0.15) is 0 Å². The van der Waals surface area contributed by atoms with Crippen LogP contribution in [0.25, 0.3) is 10.1 Å². The molecule has 1 aromatic heterocycles. The lowest BCUT2D eigenvalue weighted by Crippen LogP contribution is -2.21. The molecule has 0 unspecified atom stereocenters. The molecule has 2 rings (SSSR count). The van der Waals surface area contributed by atoms with Crippen molar-refractivity contribution < 1.29 is 0 Å². The summed E-state index contributed by atoms with van der Waals surface area (Å²) in [5, 5.41) is 1.21. The standard InChI is InChI=1S/C17H23NOS/c1-6-18(7-2)12-8-9-13-14(17(3,4)5)11-16(19)20-15(13)10-12/h8-11H,6-7H2,1-5H3. The van der Waals surface area contributed by atoms with E-state index in [4.69, 9.17) is 0 Å². The Labute approximate surface area is 125 Å². The predicted octanol–water partition coefficient (Wildman–Crippen LogP) is 4.41. The molecular formula is C17H23NOS. The molecule has 0 aliphatic carbocycles. The summed E-state index contributed by atoms with van der Waals surface area (Å²) in [5.41, 5.74) is 2.33. The van der Waals surface area contributed by atoms with E-state index in [1.54, 1.807) is 6.07 Å². The van der Waals surface area contributed by atoms with Gasteiger partial charge in [0, 0.05) is 29.5 Å². The van der Waals surface area contributed by atoms with E-state index in [1.807, 2.05) is 0 Å². The first kappa shape index (κ1) is 15.0. The highest BCUT2D eigenvalue weighted by Crippen LogP contribution is 2.32. The summed E-state index contributed by atoms with van der Waals surface area (Å²) in [5.74, 6) is 0. The summed E-state index contributed by atoms with van der Waals surface area (Å²) >= 11 is 1.34. The molecule has 0 aliphatic rings. The lowest BCUT2D eigenvalue weighted by atomic mass is 9.85. The number of benzene rings is 1. The second kappa shape index (κ2) is 5.57. The molecule has 0 N–H and O–H groups in total. The monoisotopic (exact) mass is 289 g/mol. The molecule has 108 valence electrons. The smallest absolute Gasteiger partial charge is 0.233 e. The number of anilines is 1. The molecule has 0 fully saturated rings. The van der Waals surface area contributed by atoms with Gasteiger partial charge in [-0.2, -0.15) is 0 Å². The van der Waals surface area contributed by atoms with E-state index in [2.05, 4.69) is 57.7 Å². The first-order valence-corrected chi connectivity index (χ1v) is 8.01. The molecule has 0 bridgehead atoms. The third-order valence-corrected chi connectivity index (χ3v) is 4.54. The lowest BCUT2D eigenvalue weighted by Gasteiger charge is -2.23. The van der Waals surface area contributed by atoms with Crippen LogP contribution < -0.4 is 9.64 Å².